The summed E-state index contributed by atoms with van der Waals surface area (Å²) >= 11 is 5.88. The van der Waals surface area contributed by atoms with Crippen molar-refractivity contribution < 1.29 is 4.74 Å². The molecule has 0 saturated heterocycles. The Morgan fingerprint density at radius 1 is 1.50 bits per heavy atom. The molecule has 3 heteroatoms. The van der Waals surface area contributed by atoms with E-state index < -0.39 is 0 Å². The predicted molar refractivity (Wildman–Crippen MR) is 57.9 cm³/mol. The molecular formula is C11H14ClNO. The van der Waals surface area contributed by atoms with Crippen LogP contribution in [0.25, 0.3) is 0 Å². The normalized spacial score (nSPS) is 19.1. The van der Waals surface area contributed by atoms with Crippen LogP contribution in [0.2, 0.25) is 5.02 Å². The van der Waals surface area contributed by atoms with E-state index in [1.807, 2.05) is 18.2 Å². The number of ether oxygens (including phenoxy) is 1. The Labute approximate surface area is 89.0 Å². The summed E-state index contributed by atoms with van der Waals surface area (Å²) in [6.07, 6.45) is 3.34. The summed E-state index contributed by atoms with van der Waals surface area (Å²) in [4.78, 5) is 0. The van der Waals surface area contributed by atoms with Crippen LogP contribution in [-0.2, 0) is 6.42 Å². The Balaban J connectivity index is 2.03. The van der Waals surface area contributed by atoms with Crippen LogP contribution in [-0.4, -0.2) is 12.6 Å². The van der Waals surface area contributed by atoms with Crippen LogP contribution in [0.4, 0.5) is 0 Å². The van der Waals surface area contributed by atoms with E-state index >= 15 is 0 Å². The fraction of sp³-hybridized carbons (Fsp3) is 0.455. The highest BCUT2D eigenvalue weighted by molar-refractivity contribution is 6.30. The molecule has 2 nitrogen and oxygen atoms in total. The molecule has 76 valence electrons. The second-order valence-electron chi connectivity index (χ2n) is 3.63. The quantitative estimate of drug-likeness (QED) is 0.833. The highest BCUT2D eigenvalue weighted by atomic mass is 35.5. The van der Waals surface area contributed by atoms with Crippen LogP contribution >= 0.6 is 11.6 Å². The third-order valence-corrected chi connectivity index (χ3v) is 2.74. The van der Waals surface area contributed by atoms with Gasteiger partial charge in [-0.2, -0.15) is 0 Å². The molecule has 0 bridgehead atoms. The monoisotopic (exact) mass is 211 g/mol. The average Bonchev–Trinajstić information content (AvgIpc) is 2.56. The van der Waals surface area contributed by atoms with Gasteiger partial charge >= 0.3 is 0 Å². The SMILES string of the molecule is NCCCC1Cc2ccc(Cl)cc2O1. The minimum Gasteiger partial charge on any atom is -0.490 e. The Kier molecular flexibility index (Phi) is 2.94. The van der Waals surface area contributed by atoms with Crippen molar-refractivity contribution in [3.8, 4) is 5.75 Å². The Hall–Kier alpha value is -0.730. The minimum absolute atomic E-state index is 0.298. The highest BCUT2D eigenvalue weighted by Crippen LogP contribution is 2.32. The zero-order valence-corrected chi connectivity index (χ0v) is 8.76. The second-order valence-corrected chi connectivity index (χ2v) is 4.06. The van der Waals surface area contributed by atoms with Crippen molar-refractivity contribution in [1.82, 2.24) is 0 Å². The molecule has 0 spiro atoms. The zero-order valence-electron chi connectivity index (χ0n) is 8.00. The molecule has 0 aliphatic carbocycles. The van der Waals surface area contributed by atoms with Crippen molar-refractivity contribution in [3.63, 3.8) is 0 Å². The number of hydrogen-bond acceptors (Lipinski definition) is 2. The van der Waals surface area contributed by atoms with Crippen LogP contribution in [0.15, 0.2) is 18.2 Å². The maximum Gasteiger partial charge on any atom is 0.124 e. The molecule has 14 heavy (non-hydrogen) atoms. The topological polar surface area (TPSA) is 35.2 Å². The lowest BCUT2D eigenvalue weighted by atomic mass is 10.1. The molecule has 0 amide bonds. The Morgan fingerprint density at radius 3 is 3.14 bits per heavy atom. The minimum atomic E-state index is 0.298. The van der Waals surface area contributed by atoms with Gasteiger partial charge in [-0.1, -0.05) is 17.7 Å². The molecule has 2 rings (SSSR count). The second kappa shape index (κ2) is 4.20. The van der Waals surface area contributed by atoms with Crippen LogP contribution in [0.1, 0.15) is 18.4 Å². The number of halogens is 1. The van der Waals surface area contributed by atoms with Gasteiger partial charge in [-0.05, 0) is 37.1 Å². The first kappa shape index (κ1) is 9.81. The smallest absolute Gasteiger partial charge is 0.124 e. The van der Waals surface area contributed by atoms with Crippen LogP contribution in [0, 0.1) is 0 Å². The lowest BCUT2D eigenvalue weighted by Crippen LogP contribution is -2.14. The first-order chi connectivity index (χ1) is 6.79. The fourth-order valence-corrected chi connectivity index (χ4v) is 1.94. The van der Waals surface area contributed by atoms with Crippen LogP contribution in [0.5, 0.6) is 5.75 Å². The summed E-state index contributed by atoms with van der Waals surface area (Å²) in [5, 5.41) is 0.739. The molecule has 1 aromatic rings. The van der Waals surface area contributed by atoms with Crippen LogP contribution < -0.4 is 10.5 Å². The lowest BCUT2D eigenvalue weighted by molar-refractivity contribution is 0.219. The van der Waals surface area contributed by atoms with E-state index in [-0.39, 0.29) is 0 Å². The Bertz CT molecular complexity index is 327. The van der Waals surface area contributed by atoms with E-state index in [0.29, 0.717) is 6.10 Å². The molecule has 1 aromatic carbocycles. The van der Waals surface area contributed by atoms with E-state index in [0.717, 1.165) is 36.6 Å². The van der Waals surface area contributed by atoms with Crippen molar-refractivity contribution in [2.75, 3.05) is 6.54 Å². The van der Waals surface area contributed by atoms with Gasteiger partial charge in [0.1, 0.15) is 11.9 Å². The fourth-order valence-electron chi connectivity index (χ4n) is 1.78. The average molecular weight is 212 g/mol. The first-order valence-electron chi connectivity index (χ1n) is 4.95. The maximum absolute atomic E-state index is 5.88. The summed E-state index contributed by atoms with van der Waals surface area (Å²) in [5.74, 6) is 0.944. The molecule has 0 radical (unpaired) electrons. The molecule has 1 aliphatic rings. The third-order valence-electron chi connectivity index (χ3n) is 2.50. The van der Waals surface area contributed by atoms with E-state index in [1.54, 1.807) is 0 Å². The summed E-state index contributed by atoms with van der Waals surface area (Å²) in [6, 6.07) is 5.84. The van der Waals surface area contributed by atoms with Gasteiger partial charge < -0.3 is 10.5 Å². The van der Waals surface area contributed by atoms with Gasteiger partial charge in [0, 0.05) is 11.4 Å². The highest BCUT2D eigenvalue weighted by Gasteiger charge is 2.21. The maximum atomic E-state index is 5.88. The Morgan fingerprint density at radius 2 is 2.36 bits per heavy atom. The molecule has 1 heterocycles. The van der Waals surface area contributed by atoms with Crippen molar-refractivity contribution in [2.45, 2.75) is 25.4 Å². The van der Waals surface area contributed by atoms with Crippen molar-refractivity contribution >= 4 is 11.6 Å². The first-order valence-corrected chi connectivity index (χ1v) is 5.32. The number of hydrogen-bond donors (Lipinski definition) is 1. The van der Waals surface area contributed by atoms with E-state index in [9.17, 15) is 0 Å². The molecule has 1 atom stereocenters. The van der Waals surface area contributed by atoms with Gasteiger partial charge in [0.15, 0.2) is 0 Å². The molecule has 1 aliphatic heterocycles. The van der Waals surface area contributed by atoms with Crippen LogP contribution in [0.3, 0.4) is 0 Å². The van der Waals surface area contributed by atoms with E-state index in [1.165, 1.54) is 5.56 Å². The summed E-state index contributed by atoms with van der Waals surface area (Å²) in [7, 11) is 0. The van der Waals surface area contributed by atoms with Crippen molar-refractivity contribution in [2.24, 2.45) is 5.73 Å². The number of nitrogens with two attached hydrogens (primary N) is 1. The molecule has 0 saturated carbocycles. The number of rotatable bonds is 3. The predicted octanol–water partition coefficient (Wildman–Crippen LogP) is 2.38. The van der Waals surface area contributed by atoms with Gasteiger partial charge in [0.2, 0.25) is 0 Å². The van der Waals surface area contributed by atoms with Crippen molar-refractivity contribution in [3.05, 3.63) is 28.8 Å². The number of fused-ring (bicyclic) bond motifs is 1. The van der Waals surface area contributed by atoms with Gasteiger partial charge in [0.05, 0.1) is 0 Å². The molecular weight excluding hydrogens is 198 g/mol. The summed E-state index contributed by atoms with van der Waals surface area (Å²) in [6.45, 7) is 0.733. The molecule has 2 N–H and O–H groups in total. The van der Waals surface area contributed by atoms with Gasteiger partial charge in [-0.25, -0.2) is 0 Å². The molecule has 1 unspecified atom stereocenters. The van der Waals surface area contributed by atoms with E-state index in [4.69, 9.17) is 22.1 Å². The van der Waals surface area contributed by atoms with Gasteiger partial charge in [-0.3, -0.25) is 0 Å². The molecule has 0 aromatic heterocycles. The standard InChI is InChI=1S/C11H14ClNO/c12-9-4-3-8-6-10(2-1-5-13)14-11(8)7-9/h3-4,7,10H,1-2,5-6,13H2. The van der Waals surface area contributed by atoms with E-state index in [2.05, 4.69) is 0 Å². The molecule has 0 fully saturated rings. The largest absolute Gasteiger partial charge is 0.490 e. The number of benzene rings is 1. The van der Waals surface area contributed by atoms with Crippen molar-refractivity contribution in [1.29, 1.82) is 0 Å². The lowest BCUT2D eigenvalue weighted by Gasteiger charge is -2.08. The third kappa shape index (κ3) is 2.02. The van der Waals surface area contributed by atoms with Gasteiger partial charge in [0.25, 0.3) is 0 Å². The van der Waals surface area contributed by atoms with Gasteiger partial charge in [-0.15, -0.1) is 0 Å². The summed E-state index contributed by atoms with van der Waals surface area (Å²) < 4.78 is 5.75. The zero-order chi connectivity index (χ0) is 9.97. The summed E-state index contributed by atoms with van der Waals surface area (Å²) in [5.41, 5.74) is 6.72.